The summed E-state index contributed by atoms with van der Waals surface area (Å²) < 4.78 is 16.3. The summed E-state index contributed by atoms with van der Waals surface area (Å²) in [5.41, 5.74) is 1.83. The molecule has 0 aromatic heterocycles. The fourth-order valence-corrected chi connectivity index (χ4v) is 2.88. The summed E-state index contributed by atoms with van der Waals surface area (Å²) in [6.45, 7) is 5.72. The van der Waals surface area contributed by atoms with Gasteiger partial charge in [0.15, 0.2) is 11.5 Å². The fraction of sp³-hybridized carbons (Fsp3) is 0.348. The van der Waals surface area contributed by atoms with E-state index < -0.39 is 11.9 Å². The van der Waals surface area contributed by atoms with Crippen molar-refractivity contribution >= 4 is 35.1 Å². The van der Waals surface area contributed by atoms with E-state index in [9.17, 15) is 4.79 Å². The molecule has 0 saturated carbocycles. The first-order valence-corrected chi connectivity index (χ1v) is 10.8. The Morgan fingerprint density at radius 2 is 1.53 bits per heavy atom. The second-order valence-corrected chi connectivity index (χ2v) is 6.97. The average molecular weight is 497 g/mol. The van der Waals surface area contributed by atoms with Gasteiger partial charge in [-0.15, -0.1) is 0 Å². The Labute approximate surface area is 202 Å². The van der Waals surface area contributed by atoms with Crippen LogP contribution in [0.5, 0.6) is 17.2 Å². The van der Waals surface area contributed by atoms with Gasteiger partial charge in [-0.3, -0.25) is 4.79 Å². The molecule has 4 N–H and O–H groups in total. The van der Waals surface area contributed by atoms with Crippen LogP contribution in [0.25, 0.3) is 0 Å². The van der Waals surface area contributed by atoms with Crippen molar-refractivity contribution in [2.75, 3.05) is 38.7 Å². The highest BCUT2D eigenvalue weighted by molar-refractivity contribution is 6.32. The van der Waals surface area contributed by atoms with E-state index in [1.54, 1.807) is 19.2 Å². The van der Waals surface area contributed by atoms with Crippen LogP contribution >= 0.6 is 11.6 Å². The van der Waals surface area contributed by atoms with Crippen molar-refractivity contribution in [1.29, 1.82) is 0 Å². The number of nitrogens with one attached hydrogen (secondary N) is 2. The molecule has 0 bridgehead atoms. The molecule has 0 aliphatic rings. The van der Waals surface area contributed by atoms with E-state index in [2.05, 4.69) is 10.6 Å². The summed E-state index contributed by atoms with van der Waals surface area (Å²) in [5.74, 6) is -1.68. The number of rotatable bonds is 11. The molecule has 2 aromatic carbocycles. The lowest BCUT2D eigenvalue weighted by Crippen LogP contribution is -2.31. The molecule has 0 heterocycles. The van der Waals surface area contributed by atoms with Crippen LogP contribution < -0.4 is 24.8 Å². The van der Waals surface area contributed by atoms with E-state index in [4.69, 9.17) is 45.6 Å². The van der Waals surface area contributed by atoms with E-state index >= 15 is 0 Å². The summed E-state index contributed by atoms with van der Waals surface area (Å²) in [5, 5.41) is 21.2. The normalized spacial score (nSPS) is 9.76. The highest BCUT2D eigenvalue weighted by Crippen LogP contribution is 2.29. The summed E-state index contributed by atoms with van der Waals surface area (Å²) in [6.07, 6.45) is 0.701. The van der Waals surface area contributed by atoms with Crippen molar-refractivity contribution in [2.45, 2.75) is 20.3 Å². The minimum absolute atomic E-state index is 0.0945. The highest BCUT2D eigenvalue weighted by Gasteiger charge is 2.08. The van der Waals surface area contributed by atoms with E-state index in [0.717, 1.165) is 22.7 Å². The number of carbonyl (C=O) groups excluding carboxylic acids is 1. The van der Waals surface area contributed by atoms with E-state index in [1.165, 1.54) is 0 Å². The zero-order valence-electron chi connectivity index (χ0n) is 19.2. The predicted molar refractivity (Wildman–Crippen MR) is 127 cm³/mol. The number of ether oxygens (including phenoxy) is 3. The van der Waals surface area contributed by atoms with Gasteiger partial charge in [-0.05, 0) is 56.2 Å². The SMILES string of the molecule is CCOc1ccc(CCNC(=O)CNc2ccc(OC)c(Cl)c2)cc1OCC.O=C(O)C(=O)O. The van der Waals surface area contributed by atoms with Crippen molar-refractivity contribution in [3.05, 3.63) is 47.0 Å². The molecular formula is C23H29ClN2O8. The molecule has 34 heavy (non-hydrogen) atoms. The van der Waals surface area contributed by atoms with Crippen molar-refractivity contribution < 1.29 is 38.8 Å². The van der Waals surface area contributed by atoms with Crippen LogP contribution in [-0.4, -0.2) is 61.5 Å². The largest absolute Gasteiger partial charge is 0.495 e. The second kappa shape index (κ2) is 15.2. The first kappa shape index (κ1) is 28.4. The first-order valence-electron chi connectivity index (χ1n) is 10.4. The molecule has 0 fully saturated rings. The molecular weight excluding hydrogens is 468 g/mol. The van der Waals surface area contributed by atoms with Gasteiger partial charge in [-0.2, -0.15) is 0 Å². The Balaban J connectivity index is 0.000000852. The summed E-state index contributed by atoms with van der Waals surface area (Å²) in [4.78, 5) is 30.2. The molecule has 1 amide bonds. The van der Waals surface area contributed by atoms with Crippen LogP contribution in [0.3, 0.4) is 0 Å². The topological polar surface area (TPSA) is 143 Å². The molecule has 11 heteroatoms. The summed E-state index contributed by atoms with van der Waals surface area (Å²) in [6, 6.07) is 11.1. The van der Waals surface area contributed by atoms with Gasteiger partial charge in [0, 0.05) is 12.2 Å². The number of hydrogen-bond donors (Lipinski definition) is 4. The van der Waals surface area contributed by atoms with E-state index in [-0.39, 0.29) is 12.5 Å². The van der Waals surface area contributed by atoms with E-state index in [1.807, 2.05) is 38.1 Å². The standard InChI is InChI=1S/C21H27ClN2O4.C2H2O4/c1-4-27-19-8-6-15(12-20(19)28-5-2)10-11-23-21(25)14-24-16-7-9-18(26-3)17(22)13-16;3-1(4)2(5)6/h6-9,12-13,24H,4-5,10-11,14H2,1-3H3,(H,23,25);(H,3,4)(H,5,6). The minimum atomic E-state index is -1.82. The van der Waals surface area contributed by atoms with Gasteiger partial charge < -0.3 is 35.1 Å². The zero-order chi connectivity index (χ0) is 25.5. The van der Waals surface area contributed by atoms with Gasteiger partial charge in [-0.1, -0.05) is 17.7 Å². The Bertz CT molecular complexity index is 956. The predicted octanol–water partition coefficient (Wildman–Crippen LogP) is 3.07. The van der Waals surface area contributed by atoms with Crippen LogP contribution in [0.15, 0.2) is 36.4 Å². The van der Waals surface area contributed by atoms with Gasteiger partial charge >= 0.3 is 11.9 Å². The maximum absolute atomic E-state index is 12.0. The van der Waals surface area contributed by atoms with Crippen molar-refractivity contribution in [3.63, 3.8) is 0 Å². The van der Waals surface area contributed by atoms with Crippen molar-refractivity contribution in [1.82, 2.24) is 5.32 Å². The third-order valence-corrected chi connectivity index (χ3v) is 4.43. The van der Waals surface area contributed by atoms with Crippen LogP contribution in [0.2, 0.25) is 5.02 Å². The third kappa shape index (κ3) is 10.3. The number of benzene rings is 2. The summed E-state index contributed by atoms with van der Waals surface area (Å²) >= 11 is 6.08. The molecule has 0 atom stereocenters. The Kier molecular flexibility index (Phi) is 12.7. The van der Waals surface area contributed by atoms with Crippen LogP contribution in [-0.2, 0) is 20.8 Å². The lowest BCUT2D eigenvalue weighted by Gasteiger charge is -2.13. The maximum atomic E-state index is 12.0. The summed E-state index contributed by atoms with van der Waals surface area (Å²) in [7, 11) is 1.56. The van der Waals surface area contributed by atoms with Crippen molar-refractivity contribution in [2.24, 2.45) is 0 Å². The van der Waals surface area contributed by atoms with Gasteiger partial charge in [0.2, 0.25) is 5.91 Å². The Morgan fingerprint density at radius 1 is 0.912 bits per heavy atom. The van der Waals surface area contributed by atoms with Gasteiger partial charge in [0.1, 0.15) is 5.75 Å². The molecule has 0 saturated heterocycles. The number of aliphatic carboxylic acids is 2. The van der Waals surface area contributed by atoms with Crippen LogP contribution in [0.4, 0.5) is 5.69 Å². The number of carbonyl (C=O) groups is 3. The molecule has 10 nitrogen and oxygen atoms in total. The number of methoxy groups -OCH3 is 1. The fourth-order valence-electron chi connectivity index (χ4n) is 2.62. The van der Waals surface area contributed by atoms with Gasteiger partial charge in [-0.25, -0.2) is 9.59 Å². The lowest BCUT2D eigenvalue weighted by molar-refractivity contribution is -0.159. The smallest absolute Gasteiger partial charge is 0.414 e. The number of amides is 1. The number of carboxylic acids is 2. The molecule has 0 radical (unpaired) electrons. The second-order valence-electron chi connectivity index (χ2n) is 6.56. The van der Waals surface area contributed by atoms with Gasteiger partial charge in [0.25, 0.3) is 0 Å². The monoisotopic (exact) mass is 496 g/mol. The molecule has 0 aliphatic heterocycles. The van der Waals surface area contributed by atoms with Crippen LogP contribution in [0.1, 0.15) is 19.4 Å². The molecule has 0 spiro atoms. The van der Waals surface area contributed by atoms with Gasteiger partial charge in [0.05, 0.1) is 31.9 Å². The minimum Gasteiger partial charge on any atom is -0.495 e. The van der Waals surface area contributed by atoms with E-state index in [0.29, 0.717) is 37.0 Å². The maximum Gasteiger partial charge on any atom is 0.414 e. The Hall–Kier alpha value is -3.66. The molecule has 0 aliphatic carbocycles. The molecule has 186 valence electrons. The Morgan fingerprint density at radius 3 is 2.09 bits per heavy atom. The first-order chi connectivity index (χ1) is 16.2. The quantitative estimate of drug-likeness (QED) is 0.345. The highest BCUT2D eigenvalue weighted by atomic mass is 35.5. The molecule has 0 unspecified atom stereocenters. The average Bonchev–Trinajstić information content (AvgIpc) is 2.80. The number of halogens is 1. The zero-order valence-corrected chi connectivity index (χ0v) is 20.0. The number of anilines is 1. The lowest BCUT2D eigenvalue weighted by atomic mass is 10.1. The third-order valence-electron chi connectivity index (χ3n) is 4.13. The van der Waals surface area contributed by atoms with Crippen molar-refractivity contribution in [3.8, 4) is 17.2 Å². The number of carboxylic acid groups (broad SMARTS) is 2. The molecule has 2 aromatic rings. The number of hydrogen-bond acceptors (Lipinski definition) is 7. The van der Waals surface area contributed by atoms with Crippen LogP contribution in [0, 0.1) is 0 Å². The molecule has 2 rings (SSSR count).